The van der Waals surface area contributed by atoms with Crippen molar-refractivity contribution in [1.82, 2.24) is 15.3 Å². The molecule has 0 radical (unpaired) electrons. The Bertz CT molecular complexity index is 1440. The lowest BCUT2D eigenvalue weighted by atomic mass is 10.1. The Hall–Kier alpha value is -4.33. The zero-order valence-electron chi connectivity index (χ0n) is 18.3. The average Bonchev–Trinajstić information content (AvgIpc) is 3.52. The van der Waals surface area contributed by atoms with Crippen molar-refractivity contribution in [3.8, 4) is 11.3 Å². The molecule has 5 nitrogen and oxygen atoms in total. The van der Waals surface area contributed by atoms with E-state index in [9.17, 15) is 18.0 Å². The third-order valence-corrected chi connectivity index (χ3v) is 5.63. The summed E-state index contributed by atoms with van der Waals surface area (Å²) in [6, 6.07) is 24.5. The predicted octanol–water partition coefficient (Wildman–Crippen LogP) is 6.56. The van der Waals surface area contributed by atoms with E-state index in [0.29, 0.717) is 12.2 Å². The molecule has 0 aliphatic rings. The van der Waals surface area contributed by atoms with E-state index in [0.717, 1.165) is 28.7 Å². The van der Waals surface area contributed by atoms with Crippen molar-refractivity contribution >= 4 is 16.9 Å². The van der Waals surface area contributed by atoms with Crippen LogP contribution in [0, 0.1) is 0 Å². The Balaban J connectivity index is 1.41. The lowest BCUT2D eigenvalue weighted by Crippen LogP contribution is -2.30. The van der Waals surface area contributed by atoms with Gasteiger partial charge in [0, 0.05) is 5.56 Å². The molecule has 35 heavy (non-hydrogen) atoms. The summed E-state index contributed by atoms with van der Waals surface area (Å²) in [6.45, 7) is 0. The predicted molar refractivity (Wildman–Crippen MR) is 126 cm³/mol. The molecule has 0 aliphatic carbocycles. The lowest BCUT2D eigenvalue weighted by molar-refractivity contribution is -0.137. The number of benzene rings is 3. The molecule has 0 saturated carbocycles. The van der Waals surface area contributed by atoms with Gasteiger partial charge in [-0.3, -0.25) is 4.79 Å². The highest BCUT2D eigenvalue weighted by atomic mass is 19.4. The first-order chi connectivity index (χ1) is 16.9. The maximum atomic E-state index is 13.1. The first-order valence-electron chi connectivity index (χ1n) is 10.9. The molecular formula is C27H20F3N3O2. The van der Waals surface area contributed by atoms with E-state index in [1.54, 1.807) is 0 Å². The molecule has 0 saturated heterocycles. The van der Waals surface area contributed by atoms with Gasteiger partial charge >= 0.3 is 6.18 Å². The van der Waals surface area contributed by atoms with Gasteiger partial charge < -0.3 is 14.7 Å². The third-order valence-electron chi connectivity index (χ3n) is 5.63. The van der Waals surface area contributed by atoms with Gasteiger partial charge in [0.2, 0.25) is 0 Å². The van der Waals surface area contributed by atoms with Crippen LogP contribution in [-0.4, -0.2) is 15.9 Å². The van der Waals surface area contributed by atoms with Crippen molar-refractivity contribution in [2.24, 2.45) is 0 Å². The number of carbonyl (C=O) groups is 1. The number of alkyl halides is 3. The smallest absolute Gasteiger partial charge is 0.416 e. The number of carbonyl (C=O) groups excluding carboxylic acids is 1. The maximum Gasteiger partial charge on any atom is 0.416 e. The highest BCUT2D eigenvalue weighted by Crippen LogP contribution is 2.32. The minimum Gasteiger partial charge on any atom is -0.451 e. The number of amides is 1. The number of fused-ring (bicyclic) bond motifs is 1. The van der Waals surface area contributed by atoms with Crippen LogP contribution in [0.3, 0.4) is 0 Å². The molecule has 176 valence electrons. The third kappa shape index (κ3) is 4.96. The van der Waals surface area contributed by atoms with Gasteiger partial charge in [0.25, 0.3) is 5.91 Å². The van der Waals surface area contributed by atoms with Crippen LogP contribution in [0.4, 0.5) is 13.2 Å². The number of nitrogens with zero attached hydrogens (tertiary/aromatic N) is 1. The van der Waals surface area contributed by atoms with Gasteiger partial charge in [-0.1, -0.05) is 54.6 Å². The normalized spacial score (nSPS) is 12.5. The zero-order valence-corrected chi connectivity index (χ0v) is 18.3. The van der Waals surface area contributed by atoms with Gasteiger partial charge in [0.15, 0.2) is 5.76 Å². The van der Waals surface area contributed by atoms with Crippen LogP contribution in [0.15, 0.2) is 95.4 Å². The number of aromatic amines is 1. The first kappa shape index (κ1) is 22.5. The van der Waals surface area contributed by atoms with E-state index in [1.807, 2.05) is 54.6 Å². The van der Waals surface area contributed by atoms with Gasteiger partial charge in [-0.05, 0) is 48.4 Å². The molecule has 2 N–H and O–H groups in total. The van der Waals surface area contributed by atoms with E-state index < -0.39 is 23.7 Å². The van der Waals surface area contributed by atoms with Gasteiger partial charge in [-0.15, -0.1) is 0 Å². The van der Waals surface area contributed by atoms with E-state index in [-0.39, 0.29) is 17.1 Å². The van der Waals surface area contributed by atoms with Crippen LogP contribution < -0.4 is 5.32 Å². The van der Waals surface area contributed by atoms with Gasteiger partial charge in [0.05, 0.1) is 22.6 Å². The molecule has 1 amide bonds. The fraction of sp³-hybridized carbons (Fsp3) is 0.111. The van der Waals surface area contributed by atoms with Gasteiger partial charge in [0.1, 0.15) is 11.6 Å². The number of hydrogen-bond donors (Lipinski definition) is 2. The monoisotopic (exact) mass is 475 g/mol. The number of hydrogen-bond acceptors (Lipinski definition) is 3. The lowest BCUT2D eigenvalue weighted by Gasteiger charge is -2.16. The van der Waals surface area contributed by atoms with Crippen LogP contribution in [0.25, 0.3) is 22.4 Å². The van der Waals surface area contributed by atoms with Crippen LogP contribution in [0.2, 0.25) is 0 Å². The zero-order chi connectivity index (χ0) is 24.4. The van der Waals surface area contributed by atoms with E-state index in [1.165, 1.54) is 24.3 Å². The van der Waals surface area contributed by atoms with Crippen molar-refractivity contribution in [2.45, 2.75) is 18.6 Å². The van der Waals surface area contributed by atoms with Crippen molar-refractivity contribution in [3.05, 3.63) is 114 Å². The number of aromatic nitrogens is 2. The second-order valence-electron chi connectivity index (χ2n) is 8.10. The Morgan fingerprint density at radius 2 is 1.71 bits per heavy atom. The summed E-state index contributed by atoms with van der Waals surface area (Å²) < 4.78 is 44.9. The molecular weight excluding hydrogens is 455 g/mol. The molecule has 0 spiro atoms. The minimum absolute atomic E-state index is 0.00779. The summed E-state index contributed by atoms with van der Waals surface area (Å²) in [5, 5.41) is 2.95. The van der Waals surface area contributed by atoms with E-state index in [4.69, 9.17) is 4.42 Å². The summed E-state index contributed by atoms with van der Waals surface area (Å²) in [4.78, 5) is 21.0. The summed E-state index contributed by atoms with van der Waals surface area (Å²) in [6.07, 6.45) is -3.99. The summed E-state index contributed by atoms with van der Waals surface area (Å²) in [7, 11) is 0. The Morgan fingerprint density at radius 3 is 2.49 bits per heavy atom. The minimum atomic E-state index is -4.47. The molecule has 0 fully saturated rings. The fourth-order valence-corrected chi connectivity index (χ4v) is 3.90. The standard InChI is InChI=1S/C27H20F3N3O2/c28-27(29,30)19-10-6-9-18(16-19)23-13-14-24(35-23)26(34)33-22(15-17-7-2-1-3-8-17)25-31-20-11-4-5-12-21(20)32-25/h1-14,16,22H,15H2,(H,31,32)(H,33,34). The van der Waals surface area contributed by atoms with Gasteiger partial charge in [-0.25, -0.2) is 4.98 Å². The highest BCUT2D eigenvalue weighted by molar-refractivity contribution is 5.92. The molecule has 2 aromatic heterocycles. The number of para-hydroxylation sites is 2. The second-order valence-corrected chi connectivity index (χ2v) is 8.10. The topological polar surface area (TPSA) is 70.9 Å². The molecule has 8 heteroatoms. The second kappa shape index (κ2) is 9.13. The average molecular weight is 475 g/mol. The molecule has 0 bridgehead atoms. The Kier molecular flexibility index (Phi) is 5.86. The largest absolute Gasteiger partial charge is 0.451 e. The molecule has 1 unspecified atom stereocenters. The van der Waals surface area contributed by atoms with Crippen molar-refractivity contribution in [3.63, 3.8) is 0 Å². The molecule has 2 heterocycles. The SMILES string of the molecule is O=C(NC(Cc1ccccc1)c1nc2ccccc2[nH]1)c1ccc(-c2cccc(C(F)(F)F)c2)o1. The summed E-state index contributed by atoms with van der Waals surface area (Å²) >= 11 is 0. The van der Waals surface area contributed by atoms with Crippen molar-refractivity contribution in [1.29, 1.82) is 0 Å². The fourth-order valence-electron chi connectivity index (χ4n) is 3.90. The first-order valence-corrected chi connectivity index (χ1v) is 10.9. The summed E-state index contributed by atoms with van der Waals surface area (Å²) in [5.74, 6) is 0.258. The summed E-state index contributed by atoms with van der Waals surface area (Å²) in [5.41, 5.74) is 2.07. The van der Waals surface area contributed by atoms with Crippen LogP contribution in [0.5, 0.6) is 0 Å². The Morgan fingerprint density at radius 1 is 0.943 bits per heavy atom. The number of rotatable bonds is 6. The van der Waals surface area contributed by atoms with Crippen LogP contribution in [0.1, 0.15) is 33.5 Å². The molecule has 1 atom stereocenters. The quantitative estimate of drug-likeness (QED) is 0.292. The van der Waals surface area contributed by atoms with Crippen molar-refractivity contribution in [2.75, 3.05) is 0 Å². The molecule has 5 rings (SSSR count). The van der Waals surface area contributed by atoms with Crippen LogP contribution in [-0.2, 0) is 12.6 Å². The molecule has 5 aromatic rings. The number of H-pyrrole nitrogens is 1. The van der Waals surface area contributed by atoms with E-state index >= 15 is 0 Å². The highest BCUT2D eigenvalue weighted by Gasteiger charge is 2.30. The Labute approximate surface area is 198 Å². The van der Waals surface area contributed by atoms with Crippen LogP contribution >= 0.6 is 0 Å². The van der Waals surface area contributed by atoms with E-state index in [2.05, 4.69) is 15.3 Å². The molecule has 0 aliphatic heterocycles. The van der Waals surface area contributed by atoms with Crippen molar-refractivity contribution < 1.29 is 22.4 Å². The number of halogens is 3. The maximum absolute atomic E-state index is 13.1. The number of imidazole rings is 1. The molecule has 3 aromatic carbocycles. The number of furan rings is 1. The van der Waals surface area contributed by atoms with Gasteiger partial charge in [-0.2, -0.15) is 13.2 Å². The number of nitrogens with one attached hydrogen (secondary N) is 2.